The van der Waals surface area contributed by atoms with Crippen molar-refractivity contribution >= 4 is 6.29 Å². The van der Waals surface area contributed by atoms with Crippen LogP contribution < -0.4 is 0 Å². The zero-order valence-corrected chi connectivity index (χ0v) is 18.9. The summed E-state index contributed by atoms with van der Waals surface area (Å²) in [6.45, 7) is 19.2. The molecule has 0 heterocycles. The fourth-order valence-corrected chi connectivity index (χ4v) is 3.42. The highest BCUT2D eigenvalue weighted by Gasteiger charge is 2.26. The molecule has 0 aliphatic carbocycles. The van der Waals surface area contributed by atoms with Crippen LogP contribution in [0.2, 0.25) is 0 Å². The molecule has 151 valence electrons. The van der Waals surface area contributed by atoms with Crippen molar-refractivity contribution < 1.29 is 9.90 Å². The van der Waals surface area contributed by atoms with Gasteiger partial charge in [0.2, 0.25) is 6.29 Å². The van der Waals surface area contributed by atoms with Crippen LogP contribution in [0.3, 0.4) is 0 Å². The van der Waals surface area contributed by atoms with Crippen molar-refractivity contribution in [3.8, 4) is 5.75 Å². The molecule has 27 heavy (non-hydrogen) atoms. The number of carbonyl (C=O) groups excluding carboxylic acids is 1. The second-order valence-electron chi connectivity index (χ2n) is 9.97. The Bertz CT molecular complexity index is 646. The van der Waals surface area contributed by atoms with Gasteiger partial charge in [0.1, 0.15) is 5.75 Å². The van der Waals surface area contributed by atoms with Crippen LogP contribution in [0.4, 0.5) is 0 Å². The van der Waals surface area contributed by atoms with Gasteiger partial charge in [-0.05, 0) is 46.3 Å². The average Bonchev–Trinajstić information content (AvgIpc) is 2.56. The summed E-state index contributed by atoms with van der Waals surface area (Å²) in [5.74, 6) is 0.952. The first kappa shape index (κ1) is 23.5. The lowest BCUT2D eigenvalue weighted by atomic mass is 9.77. The first-order valence-electron chi connectivity index (χ1n) is 10.3. The zero-order chi connectivity index (χ0) is 21.0. The molecule has 0 fully saturated rings. The van der Waals surface area contributed by atoms with E-state index < -0.39 is 0 Å². The third kappa shape index (κ3) is 6.23. The molecule has 1 N–H and O–H groups in total. The van der Waals surface area contributed by atoms with Crippen molar-refractivity contribution in [2.45, 2.75) is 98.8 Å². The van der Waals surface area contributed by atoms with E-state index in [4.69, 9.17) is 0 Å². The summed E-state index contributed by atoms with van der Waals surface area (Å²) in [5.41, 5.74) is 4.62. The summed E-state index contributed by atoms with van der Waals surface area (Å²) in [5, 5.41) is 10.9. The van der Waals surface area contributed by atoms with E-state index in [0.717, 1.165) is 41.5 Å². The standard InChI is InChI=1S/C25H39O2/c1-10-17(3)12-19(11-2)20(16-26)13-18-14-21(24(4,5)6)23(27)22(15-18)25(7,8)9/h14-15,17,27H,10-13H2,1-9H3. The summed E-state index contributed by atoms with van der Waals surface area (Å²) < 4.78 is 0. The number of phenolic OH excluding ortho intramolecular Hbond substituents is 1. The van der Waals surface area contributed by atoms with Gasteiger partial charge in [-0.25, -0.2) is 0 Å². The molecule has 0 amide bonds. The molecular formula is C25H39O2. The largest absolute Gasteiger partial charge is 0.507 e. The van der Waals surface area contributed by atoms with Crippen LogP contribution in [0, 0.1) is 5.92 Å². The molecule has 0 aliphatic heterocycles. The van der Waals surface area contributed by atoms with Gasteiger partial charge in [-0.15, -0.1) is 0 Å². The molecule has 1 atom stereocenters. The Morgan fingerprint density at radius 1 is 1.04 bits per heavy atom. The SMILES string of the molecule is CCC(CC(C)CC)=C([C]=O)Cc1cc(C(C)(C)C)c(O)c(C(C)(C)C)c1. The highest BCUT2D eigenvalue weighted by molar-refractivity contribution is 5.76. The van der Waals surface area contributed by atoms with Crippen LogP contribution in [0.5, 0.6) is 5.75 Å². The smallest absolute Gasteiger partial charge is 0.229 e. The van der Waals surface area contributed by atoms with Crippen LogP contribution in [-0.4, -0.2) is 11.4 Å². The van der Waals surface area contributed by atoms with Gasteiger partial charge in [0.05, 0.1) is 0 Å². The molecular weight excluding hydrogens is 332 g/mol. The van der Waals surface area contributed by atoms with E-state index in [1.54, 1.807) is 0 Å². The van der Waals surface area contributed by atoms with Crippen molar-refractivity contribution in [2.75, 3.05) is 0 Å². The number of aromatic hydroxyl groups is 1. The van der Waals surface area contributed by atoms with Crippen LogP contribution >= 0.6 is 0 Å². The Labute approximate surface area is 167 Å². The van der Waals surface area contributed by atoms with Crippen LogP contribution in [0.1, 0.15) is 98.3 Å². The highest BCUT2D eigenvalue weighted by atomic mass is 16.3. The fourth-order valence-electron chi connectivity index (χ4n) is 3.42. The number of phenols is 1. The normalized spacial score (nSPS) is 14.7. The Hall–Kier alpha value is -1.57. The van der Waals surface area contributed by atoms with Crippen molar-refractivity contribution in [3.63, 3.8) is 0 Å². The number of rotatable bonds is 7. The predicted octanol–water partition coefficient (Wildman–Crippen LogP) is 6.78. The van der Waals surface area contributed by atoms with Gasteiger partial charge in [-0.2, -0.15) is 0 Å². The molecule has 0 aromatic heterocycles. The lowest BCUT2D eigenvalue weighted by Crippen LogP contribution is -2.18. The van der Waals surface area contributed by atoms with Crippen LogP contribution in [0.25, 0.3) is 0 Å². The minimum absolute atomic E-state index is 0.167. The number of hydrogen-bond donors (Lipinski definition) is 1. The van der Waals surface area contributed by atoms with E-state index in [1.807, 2.05) is 0 Å². The molecule has 1 radical (unpaired) electrons. The summed E-state index contributed by atoms with van der Waals surface area (Å²) in [7, 11) is 0. The summed E-state index contributed by atoms with van der Waals surface area (Å²) >= 11 is 0. The Morgan fingerprint density at radius 2 is 1.52 bits per heavy atom. The molecule has 1 aromatic rings. The first-order chi connectivity index (χ1) is 12.3. The Kier molecular flexibility index (Phi) is 7.89. The van der Waals surface area contributed by atoms with Gasteiger partial charge in [0.25, 0.3) is 0 Å². The van der Waals surface area contributed by atoms with E-state index in [1.165, 1.54) is 5.57 Å². The minimum atomic E-state index is -0.167. The van der Waals surface area contributed by atoms with Crippen molar-refractivity contribution in [1.29, 1.82) is 0 Å². The quantitative estimate of drug-likeness (QED) is 0.536. The lowest BCUT2D eigenvalue weighted by molar-refractivity contribution is 0.423. The molecule has 1 unspecified atom stereocenters. The van der Waals surface area contributed by atoms with E-state index in [-0.39, 0.29) is 10.8 Å². The van der Waals surface area contributed by atoms with E-state index in [9.17, 15) is 9.90 Å². The first-order valence-corrected chi connectivity index (χ1v) is 10.3. The summed E-state index contributed by atoms with van der Waals surface area (Å²) in [6, 6.07) is 4.14. The van der Waals surface area contributed by atoms with E-state index in [0.29, 0.717) is 18.1 Å². The molecule has 0 spiro atoms. The fraction of sp³-hybridized carbons (Fsp3) is 0.640. The maximum Gasteiger partial charge on any atom is 0.229 e. The molecule has 2 nitrogen and oxygen atoms in total. The van der Waals surface area contributed by atoms with Gasteiger partial charge in [-0.3, -0.25) is 4.79 Å². The monoisotopic (exact) mass is 371 g/mol. The van der Waals surface area contributed by atoms with Crippen LogP contribution in [-0.2, 0) is 22.0 Å². The van der Waals surface area contributed by atoms with Crippen LogP contribution in [0.15, 0.2) is 23.3 Å². The average molecular weight is 372 g/mol. The summed E-state index contributed by atoms with van der Waals surface area (Å²) in [4.78, 5) is 11.8. The van der Waals surface area contributed by atoms with Crippen molar-refractivity contribution in [1.82, 2.24) is 0 Å². The lowest BCUT2D eigenvalue weighted by Gasteiger charge is -2.28. The Balaban J connectivity index is 3.50. The van der Waals surface area contributed by atoms with Gasteiger partial charge >= 0.3 is 0 Å². The maximum atomic E-state index is 11.8. The maximum absolute atomic E-state index is 11.8. The van der Waals surface area contributed by atoms with Gasteiger partial charge in [0, 0.05) is 12.0 Å². The molecule has 1 aromatic carbocycles. The second-order valence-corrected chi connectivity index (χ2v) is 9.97. The third-order valence-electron chi connectivity index (χ3n) is 5.44. The van der Waals surface area contributed by atoms with Gasteiger partial charge in [0.15, 0.2) is 0 Å². The molecule has 0 saturated heterocycles. The number of benzene rings is 1. The minimum Gasteiger partial charge on any atom is -0.507 e. The third-order valence-corrected chi connectivity index (χ3v) is 5.44. The van der Waals surface area contributed by atoms with E-state index >= 15 is 0 Å². The second kappa shape index (κ2) is 9.08. The van der Waals surface area contributed by atoms with E-state index in [2.05, 4.69) is 80.7 Å². The molecule has 0 saturated carbocycles. The summed E-state index contributed by atoms with van der Waals surface area (Å²) in [6.07, 6.45) is 5.75. The van der Waals surface area contributed by atoms with Crippen molar-refractivity contribution in [2.24, 2.45) is 5.92 Å². The highest BCUT2D eigenvalue weighted by Crippen LogP contribution is 2.40. The molecule has 2 heteroatoms. The van der Waals surface area contributed by atoms with Gasteiger partial charge in [-0.1, -0.05) is 86.4 Å². The topological polar surface area (TPSA) is 37.3 Å². The molecule has 0 aliphatic rings. The van der Waals surface area contributed by atoms with Gasteiger partial charge < -0.3 is 5.11 Å². The van der Waals surface area contributed by atoms with Crippen molar-refractivity contribution in [3.05, 3.63) is 40.0 Å². The Morgan fingerprint density at radius 3 is 1.85 bits per heavy atom. The zero-order valence-electron chi connectivity index (χ0n) is 18.9. The predicted molar refractivity (Wildman–Crippen MR) is 116 cm³/mol. The number of hydrogen-bond acceptors (Lipinski definition) is 2. The molecule has 0 bridgehead atoms. The number of allylic oxidation sites excluding steroid dienone is 2. The molecule has 1 rings (SSSR count).